The largest absolute Gasteiger partial charge is 0.493 e. The van der Waals surface area contributed by atoms with Crippen LogP contribution >= 0.6 is 0 Å². The molecule has 4 amide bonds. The topological polar surface area (TPSA) is 203 Å². The van der Waals surface area contributed by atoms with Crippen LogP contribution in [-0.2, 0) is 51.1 Å². The quantitative estimate of drug-likeness (QED) is 0.0758. The monoisotopic (exact) mass is 870 g/mol. The van der Waals surface area contributed by atoms with E-state index in [9.17, 15) is 24.0 Å². The van der Waals surface area contributed by atoms with Crippen LogP contribution in [0.4, 0.5) is 9.59 Å². The first-order chi connectivity index (χ1) is 29.3. The maximum absolute atomic E-state index is 13.9. The summed E-state index contributed by atoms with van der Waals surface area (Å²) in [5.41, 5.74) is 6.38. The number of esters is 1. The van der Waals surface area contributed by atoms with E-state index in [1.54, 1.807) is 41.9 Å². The third kappa shape index (κ3) is 15.4. The Morgan fingerprint density at radius 1 is 0.871 bits per heavy atom. The molecule has 1 saturated heterocycles. The van der Waals surface area contributed by atoms with Gasteiger partial charge in [0.2, 0.25) is 18.6 Å². The molecule has 0 spiro atoms. The van der Waals surface area contributed by atoms with Crippen molar-refractivity contribution < 1.29 is 57.1 Å². The van der Waals surface area contributed by atoms with Crippen molar-refractivity contribution in [2.75, 3.05) is 34.3 Å². The van der Waals surface area contributed by atoms with Crippen LogP contribution < -0.4 is 25.8 Å². The highest BCUT2D eigenvalue weighted by molar-refractivity contribution is 5.83. The third-order valence-electron chi connectivity index (χ3n) is 11.3. The maximum Gasteiger partial charge on any atom is 0.414 e. The van der Waals surface area contributed by atoms with Gasteiger partial charge in [-0.15, -0.1) is 0 Å². The van der Waals surface area contributed by atoms with Crippen molar-refractivity contribution >= 4 is 30.0 Å². The van der Waals surface area contributed by atoms with Gasteiger partial charge in [0, 0.05) is 26.0 Å². The van der Waals surface area contributed by atoms with Crippen molar-refractivity contribution in [3.63, 3.8) is 0 Å². The van der Waals surface area contributed by atoms with Crippen molar-refractivity contribution in [1.29, 1.82) is 0 Å². The molecule has 16 nitrogen and oxygen atoms in total. The number of carbonyl (C=O) groups is 5. The van der Waals surface area contributed by atoms with Gasteiger partial charge < -0.3 is 49.5 Å². The molecule has 1 aliphatic heterocycles. The molecule has 16 heteroatoms. The van der Waals surface area contributed by atoms with Gasteiger partial charge in [-0.05, 0) is 80.0 Å². The number of hydrogen-bond acceptors (Lipinski definition) is 12. The SMILES string of the molecule is CCC(OC)Oc1cc(C[C@@H](C[C@H]2[C@H](C[C@H](C(=O)NCC(C)(C)C(N)=O)C(C)C)OCN2C(=O)OCOC(=O)[C@@H](NC(=O)OCc2ccccc2)C(C)C)C(C)C)ccc1OC. The van der Waals surface area contributed by atoms with Gasteiger partial charge in [0.25, 0.3) is 0 Å². The van der Waals surface area contributed by atoms with Crippen molar-refractivity contribution in [2.24, 2.45) is 40.7 Å². The minimum atomic E-state index is -1.07. The number of primary amides is 1. The first-order valence-electron chi connectivity index (χ1n) is 21.4. The van der Waals surface area contributed by atoms with E-state index in [1.807, 2.05) is 69.3 Å². The molecule has 1 aliphatic rings. The van der Waals surface area contributed by atoms with Crippen LogP contribution in [-0.4, -0.2) is 93.6 Å². The van der Waals surface area contributed by atoms with Gasteiger partial charge in [0.05, 0.1) is 24.7 Å². The van der Waals surface area contributed by atoms with E-state index in [1.165, 1.54) is 4.90 Å². The Hall–Kier alpha value is -5.09. The van der Waals surface area contributed by atoms with E-state index in [2.05, 4.69) is 24.5 Å². The Morgan fingerprint density at radius 3 is 2.15 bits per heavy atom. The zero-order chi connectivity index (χ0) is 46.1. The molecule has 0 radical (unpaired) electrons. The van der Waals surface area contributed by atoms with Gasteiger partial charge in [-0.2, -0.15) is 0 Å². The first kappa shape index (κ1) is 51.3. The van der Waals surface area contributed by atoms with E-state index in [4.69, 9.17) is 38.9 Å². The average molecular weight is 871 g/mol. The van der Waals surface area contributed by atoms with Gasteiger partial charge in [-0.3, -0.25) is 14.5 Å². The van der Waals surface area contributed by atoms with Crippen molar-refractivity contribution in [2.45, 2.75) is 119 Å². The fourth-order valence-corrected chi connectivity index (χ4v) is 7.02. The van der Waals surface area contributed by atoms with E-state index in [-0.39, 0.29) is 55.9 Å². The first-order valence-corrected chi connectivity index (χ1v) is 21.4. The normalized spacial score (nSPS) is 17.2. The number of benzene rings is 2. The van der Waals surface area contributed by atoms with Crippen molar-refractivity contribution in [3.05, 3.63) is 59.7 Å². The Labute approximate surface area is 367 Å². The van der Waals surface area contributed by atoms with E-state index in [0.717, 1.165) is 11.1 Å². The van der Waals surface area contributed by atoms with Crippen molar-refractivity contribution in [1.82, 2.24) is 15.5 Å². The van der Waals surface area contributed by atoms with Crippen LogP contribution in [0, 0.1) is 35.0 Å². The number of rotatable bonds is 24. The molecule has 2 aromatic carbocycles. The minimum Gasteiger partial charge on any atom is -0.493 e. The number of amides is 4. The minimum absolute atomic E-state index is 0.00480. The van der Waals surface area contributed by atoms with Crippen molar-refractivity contribution in [3.8, 4) is 11.5 Å². The molecular weight excluding hydrogens is 801 g/mol. The highest BCUT2D eigenvalue weighted by Gasteiger charge is 2.43. The Kier molecular flexibility index (Phi) is 20.3. The Bertz CT molecular complexity index is 1750. The zero-order valence-corrected chi connectivity index (χ0v) is 38.4. The number of ether oxygens (including phenoxy) is 7. The number of hydrogen-bond donors (Lipinski definition) is 3. The highest BCUT2D eigenvalue weighted by Crippen LogP contribution is 2.36. The Morgan fingerprint density at radius 2 is 1.56 bits per heavy atom. The summed E-state index contributed by atoms with van der Waals surface area (Å²) in [6.07, 6.45) is -0.628. The molecule has 0 saturated carbocycles. The number of alkyl carbamates (subject to hydrolysis) is 1. The summed E-state index contributed by atoms with van der Waals surface area (Å²) in [6.45, 7) is 16.1. The van der Waals surface area contributed by atoms with Gasteiger partial charge >= 0.3 is 18.2 Å². The lowest BCUT2D eigenvalue weighted by molar-refractivity contribution is -0.156. The summed E-state index contributed by atoms with van der Waals surface area (Å²) in [5, 5.41) is 5.45. The van der Waals surface area contributed by atoms with Crippen LogP contribution in [0.2, 0.25) is 0 Å². The molecule has 0 aromatic heterocycles. The van der Waals surface area contributed by atoms with Crippen LogP contribution in [0.25, 0.3) is 0 Å². The van der Waals surface area contributed by atoms with Crippen LogP contribution in [0.15, 0.2) is 48.5 Å². The smallest absolute Gasteiger partial charge is 0.414 e. The number of nitrogens with two attached hydrogens (primary N) is 1. The van der Waals surface area contributed by atoms with E-state index < -0.39 is 66.7 Å². The van der Waals surface area contributed by atoms with Crippen LogP contribution in [0.3, 0.4) is 0 Å². The second-order valence-corrected chi connectivity index (χ2v) is 17.5. The molecule has 346 valence electrons. The summed E-state index contributed by atoms with van der Waals surface area (Å²) in [7, 11) is 3.16. The van der Waals surface area contributed by atoms with Gasteiger partial charge in [0.15, 0.2) is 17.8 Å². The summed E-state index contributed by atoms with van der Waals surface area (Å²) >= 11 is 0. The predicted molar refractivity (Wildman–Crippen MR) is 231 cm³/mol. The molecule has 0 aliphatic carbocycles. The predicted octanol–water partition coefficient (Wildman–Crippen LogP) is 6.57. The van der Waals surface area contributed by atoms with Gasteiger partial charge in [0.1, 0.15) is 19.4 Å². The van der Waals surface area contributed by atoms with Crippen LogP contribution in [0.5, 0.6) is 11.5 Å². The number of nitrogens with one attached hydrogen (secondary N) is 2. The summed E-state index contributed by atoms with van der Waals surface area (Å²) in [6, 6.07) is 13.3. The fourth-order valence-electron chi connectivity index (χ4n) is 7.02. The number of carbonyl (C=O) groups excluding carboxylic acids is 5. The lowest BCUT2D eigenvalue weighted by Gasteiger charge is -2.33. The van der Waals surface area contributed by atoms with E-state index in [0.29, 0.717) is 30.8 Å². The van der Waals surface area contributed by atoms with Gasteiger partial charge in [-0.1, -0.05) is 84.9 Å². The average Bonchev–Trinajstić information content (AvgIpc) is 3.63. The van der Waals surface area contributed by atoms with E-state index >= 15 is 0 Å². The highest BCUT2D eigenvalue weighted by atomic mass is 16.7. The molecular formula is C46H70N4O12. The summed E-state index contributed by atoms with van der Waals surface area (Å²) in [5.74, 6) is -1.35. The molecule has 1 heterocycles. The second kappa shape index (κ2) is 24.5. The molecule has 1 fully saturated rings. The standard InChI is InChI=1S/C46H70N4O12/c1-12-39(57-11)62-38-21-32(18-19-36(38)56-10)20-33(28(2)3)22-35-37(23-34(29(4)5)41(51)48-25-46(8,9)43(47)53)59-26-50(35)45(55)61-27-60-42(52)40(30(6)7)49-44(54)58-24-31-16-14-13-15-17-31/h13-19,21,28-30,33-35,37,39-40H,12,20,22-27H2,1-11H3,(H2,47,53)(H,48,51)(H,49,54)/t33-,34-,35-,37-,39?,40-/m0/s1. The lowest BCUT2D eigenvalue weighted by Crippen LogP contribution is -2.47. The molecule has 6 atom stereocenters. The third-order valence-corrected chi connectivity index (χ3v) is 11.3. The molecule has 62 heavy (non-hydrogen) atoms. The number of nitrogens with zero attached hydrogens (tertiary/aromatic N) is 1. The zero-order valence-electron chi connectivity index (χ0n) is 38.4. The molecule has 2 aromatic rings. The molecule has 4 N–H and O–H groups in total. The second-order valence-electron chi connectivity index (χ2n) is 17.5. The molecule has 1 unspecified atom stereocenters. The maximum atomic E-state index is 13.9. The molecule has 0 bridgehead atoms. The van der Waals surface area contributed by atoms with Gasteiger partial charge in [-0.25, -0.2) is 14.4 Å². The Balaban J connectivity index is 1.82. The summed E-state index contributed by atoms with van der Waals surface area (Å²) < 4.78 is 39.6. The lowest BCUT2D eigenvalue weighted by atomic mass is 9.80. The molecule has 3 rings (SSSR count). The number of methoxy groups -OCH3 is 2. The van der Waals surface area contributed by atoms with Crippen LogP contribution in [0.1, 0.15) is 92.7 Å². The summed E-state index contributed by atoms with van der Waals surface area (Å²) in [4.78, 5) is 66.8. The fraction of sp³-hybridized carbons (Fsp3) is 0.630.